The number of aromatic nitrogens is 1. The van der Waals surface area contributed by atoms with Gasteiger partial charge in [-0.05, 0) is 35.0 Å². The van der Waals surface area contributed by atoms with E-state index in [-0.39, 0.29) is 5.82 Å². The highest BCUT2D eigenvalue weighted by Crippen LogP contribution is 2.20. The van der Waals surface area contributed by atoms with Crippen molar-refractivity contribution in [3.05, 3.63) is 40.1 Å². The predicted octanol–water partition coefficient (Wildman–Crippen LogP) is 1.32. The fraction of sp³-hybridized carbons (Fsp3) is 0.364. The maximum Gasteiger partial charge on any atom is 0.386 e. The second-order valence-electron chi connectivity index (χ2n) is 3.80. The predicted molar refractivity (Wildman–Crippen MR) is 65.0 cm³/mol. The number of anilines is 1. The fourth-order valence-electron chi connectivity index (χ4n) is 1.72. The monoisotopic (exact) mass is 234 g/mol. The summed E-state index contributed by atoms with van der Waals surface area (Å²) in [5.41, 5.74) is 1.74. The maximum absolute atomic E-state index is 10.8. The van der Waals surface area contributed by atoms with Gasteiger partial charge in [-0.25, -0.2) is 0 Å². The second kappa shape index (κ2) is 5.40. The van der Waals surface area contributed by atoms with Gasteiger partial charge >= 0.3 is 5.82 Å². The van der Waals surface area contributed by atoms with Crippen molar-refractivity contribution >= 4 is 11.5 Å². The van der Waals surface area contributed by atoms with Gasteiger partial charge in [0, 0.05) is 13.1 Å². The molecule has 0 atom stereocenters. The number of nitrogens with one attached hydrogen (secondary N) is 2. The lowest BCUT2D eigenvalue weighted by atomic mass is 10.1. The molecule has 17 heavy (non-hydrogen) atoms. The van der Waals surface area contributed by atoms with E-state index in [1.54, 1.807) is 12.1 Å². The minimum Gasteiger partial charge on any atom is -0.374 e. The van der Waals surface area contributed by atoms with Crippen LogP contribution < -0.4 is 10.6 Å². The highest BCUT2D eigenvalue weighted by Gasteiger charge is 2.14. The van der Waals surface area contributed by atoms with E-state index in [2.05, 4.69) is 21.7 Å². The molecule has 1 aromatic rings. The van der Waals surface area contributed by atoms with Crippen molar-refractivity contribution in [1.82, 2.24) is 10.3 Å². The summed E-state index contributed by atoms with van der Waals surface area (Å²) in [7, 11) is 0. The number of pyridine rings is 1. The summed E-state index contributed by atoms with van der Waals surface area (Å²) in [5.74, 6) is -0.123. The van der Waals surface area contributed by atoms with Crippen LogP contribution in [0.4, 0.5) is 11.5 Å². The molecule has 0 saturated heterocycles. The first-order valence-electron chi connectivity index (χ1n) is 5.49. The Morgan fingerprint density at radius 1 is 1.59 bits per heavy atom. The zero-order valence-electron chi connectivity index (χ0n) is 9.35. The first-order chi connectivity index (χ1) is 8.27. The lowest BCUT2D eigenvalue weighted by Crippen LogP contribution is -2.23. The van der Waals surface area contributed by atoms with Gasteiger partial charge in [0.05, 0.1) is 0 Å². The molecule has 2 heterocycles. The highest BCUT2D eigenvalue weighted by atomic mass is 16.6. The molecule has 90 valence electrons. The fourth-order valence-corrected chi connectivity index (χ4v) is 1.72. The van der Waals surface area contributed by atoms with E-state index >= 15 is 0 Å². The number of rotatable bonds is 4. The quantitative estimate of drug-likeness (QED) is 0.466. The molecule has 0 spiro atoms. The van der Waals surface area contributed by atoms with Crippen LogP contribution in [0, 0.1) is 10.1 Å². The summed E-state index contributed by atoms with van der Waals surface area (Å²) in [6.07, 6.45) is 4.51. The smallest absolute Gasteiger partial charge is 0.374 e. The molecular weight excluding hydrogens is 220 g/mol. The SMILES string of the molecule is O=[N+]([O-])c1ncccc1NCC1=CCNCC1. The van der Waals surface area contributed by atoms with Gasteiger partial charge in [-0.15, -0.1) is 0 Å². The second-order valence-corrected chi connectivity index (χ2v) is 3.80. The maximum atomic E-state index is 10.8. The molecule has 0 aromatic carbocycles. The van der Waals surface area contributed by atoms with E-state index in [0.29, 0.717) is 12.2 Å². The van der Waals surface area contributed by atoms with Gasteiger partial charge in [0.2, 0.25) is 0 Å². The average molecular weight is 234 g/mol. The molecule has 0 bridgehead atoms. The first kappa shape index (κ1) is 11.5. The highest BCUT2D eigenvalue weighted by molar-refractivity contribution is 5.57. The van der Waals surface area contributed by atoms with E-state index < -0.39 is 4.92 Å². The van der Waals surface area contributed by atoms with Gasteiger partial charge in [0.1, 0.15) is 11.9 Å². The molecule has 0 amide bonds. The molecule has 1 aliphatic heterocycles. The van der Waals surface area contributed by atoms with E-state index in [1.807, 2.05) is 0 Å². The molecule has 0 saturated carbocycles. The van der Waals surface area contributed by atoms with Crippen LogP contribution in [0.2, 0.25) is 0 Å². The Morgan fingerprint density at radius 2 is 2.47 bits per heavy atom. The lowest BCUT2D eigenvalue weighted by Gasteiger charge is -2.14. The summed E-state index contributed by atoms with van der Waals surface area (Å²) < 4.78 is 0. The third-order valence-electron chi connectivity index (χ3n) is 2.62. The van der Waals surface area contributed by atoms with Gasteiger partial charge in [-0.1, -0.05) is 11.6 Å². The van der Waals surface area contributed by atoms with Crippen LogP contribution in [-0.2, 0) is 0 Å². The molecule has 6 heteroatoms. The third-order valence-corrected chi connectivity index (χ3v) is 2.62. The number of hydrogen-bond acceptors (Lipinski definition) is 5. The van der Waals surface area contributed by atoms with Crippen LogP contribution in [0.3, 0.4) is 0 Å². The minimum atomic E-state index is -0.473. The first-order valence-corrected chi connectivity index (χ1v) is 5.49. The average Bonchev–Trinajstić information content (AvgIpc) is 2.38. The molecule has 2 rings (SSSR count). The molecule has 6 nitrogen and oxygen atoms in total. The summed E-state index contributed by atoms with van der Waals surface area (Å²) in [4.78, 5) is 14.0. The normalized spacial score (nSPS) is 15.2. The van der Waals surface area contributed by atoms with Crippen LogP contribution in [0.5, 0.6) is 0 Å². The molecule has 0 unspecified atom stereocenters. The van der Waals surface area contributed by atoms with Crippen LogP contribution in [0.25, 0.3) is 0 Å². The Labute approximate surface area is 98.9 Å². The van der Waals surface area contributed by atoms with E-state index in [9.17, 15) is 10.1 Å². The summed E-state index contributed by atoms with van der Waals surface area (Å²) >= 11 is 0. The van der Waals surface area contributed by atoms with Gasteiger partial charge in [-0.2, -0.15) is 0 Å². The van der Waals surface area contributed by atoms with Crippen LogP contribution in [0.15, 0.2) is 30.0 Å². The van der Waals surface area contributed by atoms with Gasteiger partial charge in [-0.3, -0.25) is 0 Å². The van der Waals surface area contributed by atoms with Gasteiger partial charge < -0.3 is 20.7 Å². The molecule has 1 aliphatic rings. The van der Waals surface area contributed by atoms with Crippen molar-refractivity contribution in [3.63, 3.8) is 0 Å². The van der Waals surface area contributed by atoms with Gasteiger partial charge in [0.25, 0.3) is 0 Å². The molecule has 2 N–H and O–H groups in total. The summed E-state index contributed by atoms with van der Waals surface area (Å²) in [6.45, 7) is 2.46. The van der Waals surface area contributed by atoms with Crippen LogP contribution in [0.1, 0.15) is 6.42 Å². The molecule has 0 radical (unpaired) electrons. The van der Waals surface area contributed by atoms with Crippen molar-refractivity contribution in [1.29, 1.82) is 0 Å². The zero-order valence-corrected chi connectivity index (χ0v) is 9.35. The topological polar surface area (TPSA) is 80.1 Å². The Balaban J connectivity index is 2.03. The molecule has 1 aromatic heterocycles. The summed E-state index contributed by atoms with van der Waals surface area (Å²) in [5, 5.41) is 17.0. The van der Waals surface area contributed by atoms with E-state index in [0.717, 1.165) is 19.5 Å². The molecule has 0 aliphatic carbocycles. The van der Waals surface area contributed by atoms with Gasteiger partial charge in [0.15, 0.2) is 0 Å². The third kappa shape index (κ3) is 3.01. The Kier molecular flexibility index (Phi) is 3.66. The molecule has 0 fully saturated rings. The zero-order chi connectivity index (χ0) is 12.1. The Bertz CT molecular complexity index is 445. The Morgan fingerprint density at radius 3 is 3.18 bits per heavy atom. The van der Waals surface area contributed by atoms with Crippen LogP contribution in [-0.4, -0.2) is 29.5 Å². The number of nitrogens with zero attached hydrogens (tertiary/aromatic N) is 2. The van der Waals surface area contributed by atoms with Crippen molar-refractivity contribution in [2.75, 3.05) is 25.0 Å². The van der Waals surface area contributed by atoms with Crippen molar-refractivity contribution in [2.24, 2.45) is 0 Å². The largest absolute Gasteiger partial charge is 0.386 e. The van der Waals surface area contributed by atoms with E-state index in [1.165, 1.54) is 11.8 Å². The minimum absolute atomic E-state index is 0.123. The van der Waals surface area contributed by atoms with Crippen molar-refractivity contribution < 1.29 is 4.92 Å². The number of nitro groups is 1. The standard InChI is InChI=1S/C11H14N4O2/c16-15(17)11-10(2-1-5-13-11)14-8-9-3-6-12-7-4-9/h1-3,5,12,14H,4,6-8H2. The van der Waals surface area contributed by atoms with Crippen molar-refractivity contribution in [2.45, 2.75) is 6.42 Å². The van der Waals surface area contributed by atoms with Crippen molar-refractivity contribution in [3.8, 4) is 0 Å². The lowest BCUT2D eigenvalue weighted by molar-refractivity contribution is -0.388. The van der Waals surface area contributed by atoms with Crippen LogP contribution >= 0.6 is 0 Å². The number of hydrogen-bond donors (Lipinski definition) is 2. The van der Waals surface area contributed by atoms with E-state index in [4.69, 9.17) is 0 Å². The summed E-state index contributed by atoms with van der Waals surface area (Å²) in [6, 6.07) is 3.36. The molecular formula is C11H14N4O2. The Hall–Kier alpha value is -1.95.